The molecule has 0 aromatic rings. The maximum atomic E-state index is 9.84. The number of ketones is 1. The number of carbonyl (C=O) groups excluding carboxylic acids is 1. The Morgan fingerprint density at radius 3 is 2.00 bits per heavy atom. The second kappa shape index (κ2) is 2.63. The molecule has 7 heavy (non-hydrogen) atoms. The highest BCUT2D eigenvalue weighted by molar-refractivity contribution is 7.81. The van der Waals surface area contributed by atoms with Crippen molar-refractivity contribution >= 4 is 24.4 Å². The van der Waals surface area contributed by atoms with Gasteiger partial charge in [-0.1, -0.05) is 0 Å². The number of aliphatic carboxylic acids is 1. The number of carboxylic acid groups (broad SMARTS) is 1. The van der Waals surface area contributed by atoms with Crippen LogP contribution in [-0.4, -0.2) is 22.6 Å². The molecule has 4 heteroatoms. The van der Waals surface area contributed by atoms with Gasteiger partial charge >= 0.3 is 5.97 Å². The van der Waals surface area contributed by atoms with Gasteiger partial charge in [-0.2, -0.15) is 12.6 Å². The molecule has 0 aliphatic carbocycles. The van der Waals surface area contributed by atoms with E-state index in [1.165, 1.54) is 0 Å². The van der Waals surface area contributed by atoms with E-state index < -0.39 is 11.8 Å². The van der Waals surface area contributed by atoms with Crippen molar-refractivity contribution in [3.8, 4) is 0 Å². The summed E-state index contributed by atoms with van der Waals surface area (Å²) in [6.07, 6.45) is 0. The Morgan fingerprint density at radius 1 is 1.57 bits per heavy atom. The van der Waals surface area contributed by atoms with Crippen LogP contribution in [0.2, 0.25) is 0 Å². The van der Waals surface area contributed by atoms with E-state index in [1.54, 1.807) is 0 Å². The maximum Gasteiger partial charge on any atom is 0.373 e. The molecule has 0 aromatic heterocycles. The molecule has 0 spiro atoms. The zero-order valence-electron chi connectivity index (χ0n) is 3.42. The zero-order chi connectivity index (χ0) is 5.86. The fraction of sp³-hybridized carbons (Fsp3) is 0.333. The Bertz CT molecular complexity index is 98.4. The molecular formula is C3H4O3S. The molecule has 0 saturated heterocycles. The van der Waals surface area contributed by atoms with E-state index in [-0.39, 0.29) is 5.75 Å². The summed E-state index contributed by atoms with van der Waals surface area (Å²) >= 11 is 3.42. The van der Waals surface area contributed by atoms with Crippen molar-refractivity contribution in [2.24, 2.45) is 0 Å². The molecule has 1 N–H and O–H groups in total. The van der Waals surface area contributed by atoms with Gasteiger partial charge in [0.2, 0.25) is 5.78 Å². The molecule has 0 rings (SSSR count). The van der Waals surface area contributed by atoms with Crippen molar-refractivity contribution in [1.29, 1.82) is 0 Å². The monoisotopic (exact) mass is 120 g/mol. The summed E-state index contributed by atoms with van der Waals surface area (Å²) in [7, 11) is 0. The van der Waals surface area contributed by atoms with E-state index in [4.69, 9.17) is 5.11 Å². The van der Waals surface area contributed by atoms with Gasteiger partial charge < -0.3 is 5.11 Å². The molecule has 0 heterocycles. The van der Waals surface area contributed by atoms with Crippen LogP contribution in [-0.2, 0) is 9.59 Å². The van der Waals surface area contributed by atoms with Gasteiger partial charge in [0.25, 0.3) is 0 Å². The predicted molar refractivity (Wildman–Crippen MR) is 26.5 cm³/mol. The minimum absolute atomic E-state index is 0.227. The normalized spacial score (nSPS) is 8.14. The van der Waals surface area contributed by atoms with Gasteiger partial charge in [0.15, 0.2) is 0 Å². The van der Waals surface area contributed by atoms with Crippen LogP contribution in [0.3, 0.4) is 0 Å². The molecule has 0 radical (unpaired) electrons. The van der Waals surface area contributed by atoms with Crippen molar-refractivity contribution < 1.29 is 14.7 Å². The smallest absolute Gasteiger partial charge is 0.373 e. The second-order valence-electron chi connectivity index (χ2n) is 0.886. The first-order chi connectivity index (χ1) is 3.18. The summed E-state index contributed by atoms with van der Waals surface area (Å²) in [6.45, 7) is 0. The number of carboxylic acids is 1. The van der Waals surface area contributed by atoms with Crippen LogP contribution in [0.4, 0.5) is 0 Å². The molecule has 0 amide bonds. The summed E-state index contributed by atoms with van der Waals surface area (Å²) in [5.41, 5.74) is 0. The molecule has 3 nitrogen and oxygen atoms in total. The summed E-state index contributed by atoms with van der Waals surface area (Å²) in [5, 5.41) is 7.78. The van der Waals surface area contributed by atoms with Gasteiger partial charge in [0, 0.05) is 0 Å². The lowest BCUT2D eigenvalue weighted by Crippen LogP contribution is -2.12. The minimum atomic E-state index is -1.42. The third-order valence-corrected chi connectivity index (χ3v) is 0.669. The van der Waals surface area contributed by atoms with E-state index in [9.17, 15) is 9.59 Å². The van der Waals surface area contributed by atoms with Gasteiger partial charge in [-0.15, -0.1) is 0 Å². The lowest BCUT2D eigenvalue weighted by atomic mass is 10.5. The van der Waals surface area contributed by atoms with Crippen LogP contribution in [0.1, 0.15) is 0 Å². The molecule has 40 valence electrons. The summed E-state index contributed by atoms with van der Waals surface area (Å²) in [4.78, 5) is 19.4. The third kappa shape index (κ3) is 2.22. The standard InChI is InChI=1S/C3H4O3S/c4-2(1-7)3(5)6/h7H,1H2,(H,5,6). The van der Waals surface area contributed by atoms with E-state index in [0.717, 1.165) is 0 Å². The molecule has 0 atom stereocenters. The van der Waals surface area contributed by atoms with Crippen LogP contribution >= 0.6 is 12.6 Å². The first-order valence-electron chi connectivity index (χ1n) is 1.55. The van der Waals surface area contributed by atoms with Crippen molar-refractivity contribution in [1.82, 2.24) is 0 Å². The Balaban J connectivity index is 3.58. The molecule has 0 aromatic carbocycles. The molecule has 0 aliphatic heterocycles. The summed E-state index contributed by atoms with van der Waals surface area (Å²) < 4.78 is 0. The van der Waals surface area contributed by atoms with E-state index in [1.807, 2.05) is 0 Å². The van der Waals surface area contributed by atoms with Gasteiger partial charge in [0.05, 0.1) is 5.75 Å². The molecule has 0 saturated carbocycles. The van der Waals surface area contributed by atoms with Crippen molar-refractivity contribution in [2.75, 3.05) is 5.75 Å². The van der Waals surface area contributed by atoms with Crippen LogP contribution in [0.25, 0.3) is 0 Å². The molecule has 0 unspecified atom stereocenters. The number of carbonyl (C=O) groups is 2. The van der Waals surface area contributed by atoms with E-state index >= 15 is 0 Å². The lowest BCUT2D eigenvalue weighted by molar-refractivity contribution is -0.147. The van der Waals surface area contributed by atoms with Crippen LogP contribution < -0.4 is 0 Å². The number of Topliss-reactive ketones (excluding diaryl/α,β-unsaturated/α-hetero) is 1. The molecular weight excluding hydrogens is 116 g/mol. The maximum absolute atomic E-state index is 9.84. The number of hydrogen-bond donors (Lipinski definition) is 2. The van der Waals surface area contributed by atoms with Crippen molar-refractivity contribution in [3.05, 3.63) is 0 Å². The quantitative estimate of drug-likeness (QED) is 0.384. The van der Waals surface area contributed by atoms with Gasteiger partial charge in [-0.05, 0) is 0 Å². The summed E-state index contributed by atoms with van der Waals surface area (Å²) in [5.74, 6) is -2.52. The Kier molecular flexibility index (Phi) is 2.44. The Labute approximate surface area is 45.7 Å². The fourth-order valence-corrected chi connectivity index (χ4v) is 0.203. The average molecular weight is 120 g/mol. The number of rotatable bonds is 2. The average Bonchev–Trinajstić information content (AvgIpc) is 1.65. The molecule has 0 aliphatic rings. The van der Waals surface area contributed by atoms with Crippen LogP contribution in [0.5, 0.6) is 0 Å². The van der Waals surface area contributed by atoms with Gasteiger partial charge in [-0.25, -0.2) is 4.79 Å². The van der Waals surface area contributed by atoms with Crippen molar-refractivity contribution in [3.63, 3.8) is 0 Å². The first kappa shape index (κ1) is 6.49. The van der Waals surface area contributed by atoms with E-state index in [2.05, 4.69) is 12.6 Å². The highest BCUT2D eigenvalue weighted by Crippen LogP contribution is 1.75. The second-order valence-corrected chi connectivity index (χ2v) is 1.20. The lowest BCUT2D eigenvalue weighted by Gasteiger charge is -1.80. The van der Waals surface area contributed by atoms with Gasteiger partial charge in [-0.3, -0.25) is 4.79 Å². The molecule has 0 fully saturated rings. The van der Waals surface area contributed by atoms with Crippen LogP contribution in [0.15, 0.2) is 0 Å². The van der Waals surface area contributed by atoms with Crippen LogP contribution in [0, 0.1) is 0 Å². The van der Waals surface area contributed by atoms with E-state index in [0.29, 0.717) is 0 Å². The highest BCUT2D eigenvalue weighted by atomic mass is 32.1. The highest BCUT2D eigenvalue weighted by Gasteiger charge is 2.05. The zero-order valence-corrected chi connectivity index (χ0v) is 4.31. The summed E-state index contributed by atoms with van der Waals surface area (Å²) in [6, 6.07) is 0. The molecule has 0 bridgehead atoms. The largest absolute Gasteiger partial charge is 0.475 e. The van der Waals surface area contributed by atoms with Gasteiger partial charge in [0.1, 0.15) is 0 Å². The Hall–Kier alpha value is -0.510. The number of hydrogen-bond acceptors (Lipinski definition) is 3. The number of thiol groups is 1. The SMILES string of the molecule is O=C(O)C(=O)CS. The minimum Gasteiger partial charge on any atom is -0.475 e. The fourth-order valence-electron chi connectivity index (χ4n) is 0.0676. The first-order valence-corrected chi connectivity index (χ1v) is 2.18. The topological polar surface area (TPSA) is 54.4 Å². The third-order valence-electron chi connectivity index (χ3n) is 0.382. The predicted octanol–water partition coefficient (Wildman–Crippen LogP) is -0.430. The Morgan fingerprint density at radius 2 is 2.00 bits per heavy atom. The van der Waals surface area contributed by atoms with Crippen molar-refractivity contribution in [2.45, 2.75) is 0 Å².